The minimum Gasteiger partial charge on any atom is -0.474 e. The number of piperidine rings is 1. The van der Waals surface area contributed by atoms with Gasteiger partial charge < -0.3 is 10.1 Å². The van der Waals surface area contributed by atoms with Crippen molar-refractivity contribution in [2.24, 2.45) is 0 Å². The molecule has 0 saturated carbocycles. The van der Waals surface area contributed by atoms with Crippen LogP contribution in [0, 0.1) is 0 Å². The summed E-state index contributed by atoms with van der Waals surface area (Å²) in [5, 5.41) is 6.75. The number of hydrogen-bond donors (Lipinski definition) is 2. The van der Waals surface area contributed by atoms with Gasteiger partial charge in [0.1, 0.15) is 11.3 Å². The molecule has 7 nitrogen and oxygen atoms in total. The summed E-state index contributed by atoms with van der Waals surface area (Å²) in [6.07, 6.45) is 1.26. The van der Waals surface area contributed by atoms with Crippen molar-refractivity contribution in [2.75, 3.05) is 32.1 Å². The van der Waals surface area contributed by atoms with Gasteiger partial charge >= 0.3 is 0 Å². The van der Waals surface area contributed by atoms with Crippen molar-refractivity contribution < 1.29 is 13.2 Å². The van der Waals surface area contributed by atoms with Crippen LogP contribution in [0.4, 0.5) is 0 Å². The average molecular weight is 375 g/mol. The minimum absolute atomic E-state index is 0.0377. The lowest BCUT2D eigenvalue weighted by molar-refractivity contribution is 0.129. The van der Waals surface area contributed by atoms with Gasteiger partial charge in [-0.05, 0) is 25.8 Å². The predicted octanol–water partition coefficient (Wildman–Crippen LogP) is 0.817. The number of nitrogens with zero attached hydrogens (tertiary/aromatic N) is 2. The van der Waals surface area contributed by atoms with E-state index < -0.39 is 15.6 Å². The number of pyridine rings is 1. The van der Waals surface area contributed by atoms with Gasteiger partial charge in [-0.2, -0.15) is 0 Å². The average Bonchev–Trinajstić information content (AvgIpc) is 2.93. The van der Waals surface area contributed by atoms with Crippen LogP contribution < -0.4 is 15.4 Å². The second-order valence-electron chi connectivity index (χ2n) is 6.61. The van der Waals surface area contributed by atoms with Crippen molar-refractivity contribution in [1.82, 2.24) is 19.9 Å². The van der Waals surface area contributed by atoms with E-state index in [1.165, 1.54) is 0 Å². The fraction of sp³-hybridized carbons (Fsp3) is 0.667. The summed E-state index contributed by atoms with van der Waals surface area (Å²) < 4.78 is 32.7. The first kappa shape index (κ1) is 17.9. The van der Waals surface area contributed by atoms with Gasteiger partial charge in [-0.25, -0.2) is 17.7 Å². The first-order valence-corrected chi connectivity index (χ1v) is 10.1. The van der Waals surface area contributed by atoms with Crippen LogP contribution in [0.25, 0.3) is 0 Å². The predicted molar refractivity (Wildman–Crippen MR) is 92.7 cm³/mol. The lowest BCUT2D eigenvalue weighted by Gasteiger charge is -2.33. The normalized spacial score (nSPS) is 26.6. The van der Waals surface area contributed by atoms with E-state index in [1.807, 2.05) is 6.92 Å². The van der Waals surface area contributed by atoms with Gasteiger partial charge in [0.05, 0.1) is 5.75 Å². The lowest BCUT2D eigenvalue weighted by atomic mass is 10.1. The van der Waals surface area contributed by atoms with E-state index in [1.54, 1.807) is 22.5 Å². The topological polar surface area (TPSA) is 83.6 Å². The zero-order valence-corrected chi connectivity index (χ0v) is 15.2. The molecule has 0 radical (unpaired) electrons. The maximum Gasteiger partial charge on any atom is 0.215 e. The molecule has 0 amide bonds. The van der Waals surface area contributed by atoms with E-state index in [0.717, 1.165) is 0 Å². The molecule has 24 heavy (non-hydrogen) atoms. The smallest absolute Gasteiger partial charge is 0.215 e. The van der Waals surface area contributed by atoms with Gasteiger partial charge in [0.15, 0.2) is 0 Å². The van der Waals surface area contributed by atoms with E-state index >= 15 is 0 Å². The zero-order valence-electron chi connectivity index (χ0n) is 13.7. The van der Waals surface area contributed by atoms with Crippen LogP contribution in [-0.4, -0.2) is 61.4 Å². The van der Waals surface area contributed by atoms with Gasteiger partial charge in [-0.1, -0.05) is 17.7 Å². The molecule has 2 aliphatic rings. The number of nitrogens with one attached hydrogen (secondary N) is 2. The van der Waals surface area contributed by atoms with E-state index in [9.17, 15) is 8.42 Å². The second kappa shape index (κ2) is 7.13. The fourth-order valence-electron chi connectivity index (χ4n) is 3.13. The van der Waals surface area contributed by atoms with Crippen LogP contribution >= 0.6 is 11.6 Å². The van der Waals surface area contributed by atoms with Crippen LogP contribution in [0.15, 0.2) is 18.2 Å². The molecule has 3 rings (SSSR count). The molecule has 9 heteroatoms. The molecule has 1 atom stereocenters. The Morgan fingerprint density at radius 2 is 2.17 bits per heavy atom. The Morgan fingerprint density at radius 1 is 1.42 bits per heavy atom. The molecule has 134 valence electrons. The number of ether oxygens (including phenoxy) is 1. The van der Waals surface area contributed by atoms with E-state index in [0.29, 0.717) is 50.2 Å². The molecule has 0 bridgehead atoms. The summed E-state index contributed by atoms with van der Waals surface area (Å²) in [5.74, 6) is 0.589. The maximum atomic E-state index is 12.6. The molecule has 0 aliphatic carbocycles. The molecular formula is C15H23ClN4O3S. The highest BCUT2D eigenvalue weighted by atomic mass is 35.5. The monoisotopic (exact) mass is 374 g/mol. The summed E-state index contributed by atoms with van der Waals surface area (Å²) in [6.45, 7) is 4.18. The third-order valence-corrected chi connectivity index (χ3v) is 6.79. The van der Waals surface area contributed by atoms with Gasteiger partial charge in [-0.3, -0.25) is 5.32 Å². The third-order valence-electron chi connectivity index (χ3n) is 4.43. The standard InChI is InChI=1S/C15H23ClN4O3S/c1-15(9-17-11-18-15)10-24(21,22)20-7-5-12(6-8-20)23-14-4-2-3-13(16)19-14/h2-4,12,17-18H,5-11H2,1H3/t15-/m0/s1. The number of halogens is 1. The van der Waals surface area contributed by atoms with Crippen molar-refractivity contribution in [3.05, 3.63) is 23.4 Å². The molecule has 0 unspecified atom stereocenters. The zero-order chi connectivity index (χ0) is 17.2. The molecule has 2 saturated heterocycles. The van der Waals surface area contributed by atoms with Gasteiger partial charge in [-0.15, -0.1) is 0 Å². The van der Waals surface area contributed by atoms with E-state index in [4.69, 9.17) is 16.3 Å². The summed E-state index contributed by atoms with van der Waals surface area (Å²) in [6, 6.07) is 5.23. The Bertz CT molecular complexity index is 671. The Morgan fingerprint density at radius 3 is 2.79 bits per heavy atom. The van der Waals surface area contributed by atoms with Crippen molar-refractivity contribution in [1.29, 1.82) is 0 Å². The van der Waals surface area contributed by atoms with Gasteiger partial charge in [0, 0.05) is 37.9 Å². The summed E-state index contributed by atoms with van der Waals surface area (Å²) in [4.78, 5) is 4.11. The summed E-state index contributed by atoms with van der Waals surface area (Å²) in [5.41, 5.74) is -0.406. The van der Waals surface area contributed by atoms with Crippen molar-refractivity contribution >= 4 is 21.6 Å². The van der Waals surface area contributed by atoms with Crippen molar-refractivity contribution in [3.63, 3.8) is 0 Å². The molecule has 0 spiro atoms. The quantitative estimate of drug-likeness (QED) is 0.742. The highest BCUT2D eigenvalue weighted by Gasteiger charge is 2.37. The molecule has 2 fully saturated rings. The van der Waals surface area contributed by atoms with Gasteiger partial charge in [0.25, 0.3) is 0 Å². The number of sulfonamides is 1. The third kappa shape index (κ3) is 4.37. The van der Waals surface area contributed by atoms with Crippen LogP contribution in [0.3, 0.4) is 0 Å². The molecule has 2 N–H and O–H groups in total. The number of rotatable bonds is 5. The molecule has 2 aliphatic heterocycles. The van der Waals surface area contributed by atoms with Crippen LogP contribution in [0.5, 0.6) is 5.88 Å². The lowest BCUT2D eigenvalue weighted by Crippen LogP contribution is -2.51. The Labute approximate surface area is 147 Å². The largest absolute Gasteiger partial charge is 0.474 e. The van der Waals surface area contributed by atoms with Gasteiger partial charge in [0.2, 0.25) is 15.9 Å². The SMILES string of the molecule is C[C@@]1(CS(=O)(=O)N2CCC(Oc3cccc(Cl)n3)CC2)CNCN1. The first-order valence-electron chi connectivity index (χ1n) is 8.09. The Kier molecular flexibility index (Phi) is 5.31. The van der Waals surface area contributed by atoms with Crippen molar-refractivity contribution in [3.8, 4) is 5.88 Å². The fourth-order valence-corrected chi connectivity index (χ4v) is 5.24. The number of hydrogen-bond acceptors (Lipinski definition) is 6. The van der Waals surface area contributed by atoms with Crippen molar-refractivity contribution in [2.45, 2.75) is 31.4 Å². The van der Waals surface area contributed by atoms with Crippen LogP contribution in [-0.2, 0) is 10.0 Å². The summed E-state index contributed by atoms with van der Waals surface area (Å²) >= 11 is 5.85. The summed E-state index contributed by atoms with van der Waals surface area (Å²) in [7, 11) is -3.29. The van der Waals surface area contributed by atoms with E-state index in [-0.39, 0.29) is 11.9 Å². The molecule has 3 heterocycles. The van der Waals surface area contributed by atoms with E-state index in [2.05, 4.69) is 15.6 Å². The Balaban J connectivity index is 1.54. The minimum atomic E-state index is -3.29. The molecular weight excluding hydrogens is 352 g/mol. The first-order chi connectivity index (χ1) is 11.4. The molecule has 0 aromatic carbocycles. The highest BCUT2D eigenvalue weighted by molar-refractivity contribution is 7.89. The second-order valence-corrected chi connectivity index (χ2v) is 8.97. The van der Waals surface area contributed by atoms with Crippen LogP contribution in [0.2, 0.25) is 5.15 Å². The van der Waals surface area contributed by atoms with Crippen LogP contribution in [0.1, 0.15) is 19.8 Å². The highest BCUT2D eigenvalue weighted by Crippen LogP contribution is 2.22. The number of aromatic nitrogens is 1. The Hall–Kier alpha value is -0.930. The molecule has 1 aromatic rings. The maximum absolute atomic E-state index is 12.6. The molecule has 1 aromatic heterocycles.